The summed E-state index contributed by atoms with van der Waals surface area (Å²) in [5, 5.41) is 9.08. The first-order valence-corrected chi connectivity index (χ1v) is 25.7. The maximum absolute atomic E-state index is 14.5. The van der Waals surface area contributed by atoms with Gasteiger partial charge in [-0.05, 0) is 181 Å². The van der Waals surface area contributed by atoms with E-state index in [2.05, 4.69) is 42.6 Å². The molecule has 0 amide bonds. The Bertz CT molecular complexity index is 2510. The summed E-state index contributed by atoms with van der Waals surface area (Å²) >= 11 is 48.7. The zero-order chi connectivity index (χ0) is 56.4. The van der Waals surface area contributed by atoms with Gasteiger partial charge in [-0.15, -0.1) is 23.2 Å². The van der Waals surface area contributed by atoms with Crippen LogP contribution in [0.5, 0.6) is 0 Å². The molecule has 0 saturated heterocycles. The van der Waals surface area contributed by atoms with E-state index in [0.717, 1.165) is 0 Å². The van der Waals surface area contributed by atoms with E-state index >= 15 is 0 Å². The number of nitrogens with zero attached hydrogens (tertiary/aromatic N) is 3. The molecule has 0 fully saturated rings. The lowest BCUT2D eigenvalue weighted by molar-refractivity contribution is -0.155. The van der Waals surface area contributed by atoms with Crippen LogP contribution < -0.4 is 0 Å². The van der Waals surface area contributed by atoms with Gasteiger partial charge in [0, 0.05) is 43.2 Å². The number of hydrogen-bond donors (Lipinski definition) is 1. The highest BCUT2D eigenvalue weighted by Crippen LogP contribution is 2.51. The lowest BCUT2D eigenvalue weighted by Gasteiger charge is -2.31. The van der Waals surface area contributed by atoms with Crippen LogP contribution in [0, 0.1) is 13.8 Å². The van der Waals surface area contributed by atoms with E-state index in [1.54, 1.807) is 71.0 Å². The molecule has 1 aliphatic rings. The third-order valence-corrected chi connectivity index (χ3v) is 11.5. The smallest absolute Gasteiger partial charge is 0.367 e. The van der Waals surface area contributed by atoms with Gasteiger partial charge in [0.05, 0.1) is 22.2 Å². The van der Waals surface area contributed by atoms with Crippen LogP contribution in [0.3, 0.4) is 0 Å². The number of rotatable bonds is 11. The minimum absolute atomic E-state index is 0.00541. The predicted octanol–water partition coefficient (Wildman–Crippen LogP) is 18.0. The number of esters is 2. The summed E-state index contributed by atoms with van der Waals surface area (Å²) in [4.78, 5) is 31.9. The summed E-state index contributed by atoms with van der Waals surface area (Å²) in [5.74, 6) is -0.861. The van der Waals surface area contributed by atoms with E-state index in [1.165, 1.54) is 56.0 Å². The van der Waals surface area contributed by atoms with Gasteiger partial charge in [0.25, 0.3) is 0 Å². The molecule has 404 valence electrons. The summed E-state index contributed by atoms with van der Waals surface area (Å²) in [6, 6.07) is 17.8. The normalized spacial score (nSPS) is 14.6. The number of oxime groups is 2. The molecule has 1 heterocycles. The molecule has 4 aromatic rings. The average molecular weight is 1200 g/mol. The van der Waals surface area contributed by atoms with Crippen molar-refractivity contribution in [1.82, 2.24) is 4.90 Å². The van der Waals surface area contributed by atoms with Crippen molar-refractivity contribution in [3.8, 4) is 0 Å². The van der Waals surface area contributed by atoms with Crippen LogP contribution in [0.4, 0.5) is 17.6 Å². The largest absolute Gasteiger partial charge is 0.456 e. The van der Waals surface area contributed by atoms with Crippen molar-refractivity contribution in [3.63, 3.8) is 0 Å². The van der Waals surface area contributed by atoms with Crippen LogP contribution in [0.25, 0.3) is 5.57 Å². The molecular weight excluding hydrogens is 1150 g/mol. The second-order valence-corrected chi connectivity index (χ2v) is 21.5. The van der Waals surface area contributed by atoms with Crippen LogP contribution in [-0.2, 0) is 19.9 Å². The Morgan fingerprint density at radius 2 is 1.14 bits per heavy atom. The van der Waals surface area contributed by atoms with Crippen molar-refractivity contribution < 1.29 is 46.7 Å². The van der Waals surface area contributed by atoms with Crippen LogP contribution in [0.1, 0.15) is 123 Å². The number of hydrogen-bond acceptors (Lipinski definition) is 9. The molecule has 1 N–H and O–H groups in total. The Labute approximate surface area is 470 Å². The number of aryl methyl sites for hydroxylation is 2. The maximum Gasteiger partial charge on any atom is 0.367 e. The predicted molar refractivity (Wildman–Crippen MR) is 294 cm³/mol. The quantitative estimate of drug-likeness (QED) is 0.0398. The minimum Gasteiger partial charge on any atom is -0.456 e. The molecule has 73 heavy (non-hydrogen) atoms. The summed E-state index contributed by atoms with van der Waals surface area (Å²) in [5.41, 5.74) is -0.390. The summed E-state index contributed by atoms with van der Waals surface area (Å²) in [7, 11) is 0. The Balaban J connectivity index is 0.000000536. The van der Waals surface area contributed by atoms with Crippen molar-refractivity contribution in [2.24, 2.45) is 10.3 Å². The number of alkyl halides is 8. The van der Waals surface area contributed by atoms with E-state index in [4.69, 9.17) is 124 Å². The van der Waals surface area contributed by atoms with Gasteiger partial charge in [-0.1, -0.05) is 108 Å². The fourth-order valence-electron chi connectivity index (χ4n) is 6.23. The average Bonchev–Trinajstić information content (AvgIpc) is 3.73. The van der Waals surface area contributed by atoms with E-state index in [-0.39, 0.29) is 59.8 Å². The van der Waals surface area contributed by atoms with E-state index in [0.29, 0.717) is 33.4 Å². The van der Waals surface area contributed by atoms with E-state index < -0.39 is 39.1 Å². The first-order chi connectivity index (χ1) is 33.5. The van der Waals surface area contributed by atoms with Crippen molar-refractivity contribution in [3.05, 3.63) is 144 Å². The van der Waals surface area contributed by atoms with Crippen LogP contribution in [-0.4, -0.2) is 79.9 Å². The van der Waals surface area contributed by atoms with E-state index in [9.17, 15) is 27.2 Å². The molecule has 0 aliphatic carbocycles. The monoisotopic (exact) mass is 1200 g/mol. The van der Waals surface area contributed by atoms with Crippen LogP contribution in [0.2, 0.25) is 20.1 Å². The molecule has 1 atom stereocenters. The number of ether oxygens (including phenoxy) is 2. The van der Waals surface area contributed by atoms with Gasteiger partial charge in [0.1, 0.15) is 11.2 Å². The number of benzene rings is 4. The SMILES string of the molecule is C=C(c1cc(Cl)cc(Cl)c1)C(F)(F)Cl.CCN(CC)CC.Cc1cc(/C(Cl)=N/O)ccc1C(=O)OC(C)(C)C.Cc1cc(C2=NOC(c3cc(Cl)cc(Cl)c3)(C(F)(F)Cl)C2)ccc1C(=O)OC(C)(C)C.ClCCl. The second kappa shape index (κ2) is 29.9. The molecular formula is C51H58Cl9F4N3O6. The highest BCUT2D eigenvalue weighted by atomic mass is 35.5. The summed E-state index contributed by atoms with van der Waals surface area (Å²) < 4.78 is 65.1. The Kier molecular flexibility index (Phi) is 27.8. The Morgan fingerprint density at radius 3 is 1.48 bits per heavy atom. The molecule has 0 saturated carbocycles. The zero-order valence-corrected chi connectivity index (χ0v) is 48.7. The number of carbonyl (C=O) groups is 2. The molecule has 0 radical (unpaired) electrons. The molecule has 0 aromatic heterocycles. The second-order valence-electron chi connectivity index (χ2n) is 17.6. The maximum atomic E-state index is 14.5. The van der Waals surface area contributed by atoms with Gasteiger partial charge in [-0.2, -0.15) is 17.6 Å². The number of carbonyl (C=O) groups excluding carboxylic acids is 2. The molecule has 1 aliphatic heterocycles. The highest BCUT2D eigenvalue weighted by Gasteiger charge is 2.60. The number of halogens is 13. The van der Waals surface area contributed by atoms with Gasteiger partial charge < -0.3 is 24.4 Å². The fraction of sp³-hybridized carbons (Fsp3) is 0.412. The van der Waals surface area contributed by atoms with E-state index in [1.807, 2.05) is 20.8 Å². The number of allylic oxidation sites excluding steroid dienone is 1. The first kappa shape index (κ1) is 67.8. The van der Waals surface area contributed by atoms with Crippen molar-refractivity contribution in [2.75, 3.05) is 25.0 Å². The molecule has 4 aromatic carbocycles. The van der Waals surface area contributed by atoms with Gasteiger partial charge in [0.15, 0.2) is 5.17 Å². The zero-order valence-electron chi connectivity index (χ0n) is 41.9. The lowest BCUT2D eigenvalue weighted by atomic mass is 9.86. The minimum atomic E-state index is -3.81. The topological polar surface area (TPSA) is 110 Å². The molecule has 1 unspecified atom stereocenters. The molecule has 0 bridgehead atoms. The van der Waals surface area contributed by atoms with Crippen molar-refractivity contribution in [1.29, 1.82) is 0 Å². The molecule has 9 nitrogen and oxygen atoms in total. The first-order valence-electron chi connectivity index (χ1n) is 21.9. The van der Waals surface area contributed by atoms with Gasteiger partial charge >= 0.3 is 22.7 Å². The Morgan fingerprint density at radius 1 is 0.726 bits per heavy atom. The van der Waals surface area contributed by atoms with Gasteiger partial charge in [0.2, 0.25) is 5.60 Å². The van der Waals surface area contributed by atoms with Crippen LogP contribution >= 0.6 is 104 Å². The van der Waals surface area contributed by atoms with Crippen molar-refractivity contribution in [2.45, 2.75) is 110 Å². The highest BCUT2D eigenvalue weighted by molar-refractivity contribution is 6.69. The standard InChI is InChI=1S/C22H20Cl3F2NO3.C13H16ClNO3.C9H5Cl3F2.C6H15N.CH2Cl2/c1-12-7-13(5-6-17(12)19(29)30-20(2,3)4)18-11-21(31-28-18,22(25,26)27)14-8-15(23)10-16(24)9-14;1-8-7-9(11(14)15-17)5-6-10(8)12(16)18-13(2,3)4;1-5(9(12,13)14)6-2-7(10)4-8(11)3-6;1-4-7(5-2)6-3;2-1-3/h5-10H,11H2,1-4H3;5-7,17H,1-4H3;2-4H,1H2;4-6H2,1-3H3;1H2/b;15-11-;;;. The molecule has 5 rings (SSSR count). The lowest BCUT2D eigenvalue weighted by Crippen LogP contribution is -2.42. The molecule has 0 spiro atoms. The van der Waals surface area contributed by atoms with Gasteiger partial charge in [-0.3, -0.25) is 0 Å². The molecule has 22 heteroatoms. The summed E-state index contributed by atoms with van der Waals surface area (Å²) in [6.07, 6.45) is -0.328. The van der Waals surface area contributed by atoms with Crippen LogP contribution in [0.15, 0.2) is 89.7 Å². The Hall–Kier alpha value is -3.21. The third-order valence-electron chi connectivity index (χ3n) is 9.76. The van der Waals surface area contributed by atoms with Gasteiger partial charge in [-0.25, -0.2) is 9.59 Å². The fourth-order valence-corrected chi connectivity index (χ4v) is 7.71. The summed E-state index contributed by atoms with van der Waals surface area (Å²) in [6.45, 7) is 27.5. The third kappa shape index (κ3) is 22.5. The van der Waals surface area contributed by atoms with Crippen molar-refractivity contribution >= 4 is 133 Å².